The monoisotopic (exact) mass is 425 g/mol. The van der Waals surface area contributed by atoms with Gasteiger partial charge in [0.1, 0.15) is 0 Å². The van der Waals surface area contributed by atoms with Crippen LogP contribution in [0.2, 0.25) is 0 Å². The van der Waals surface area contributed by atoms with Gasteiger partial charge in [0.15, 0.2) is 12.1 Å². The zero-order chi connectivity index (χ0) is 21.9. The van der Waals surface area contributed by atoms with Crippen molar-refractivity contribution in [1.29, 1.82) is 0 Å². The molecular weight excluding hydrogens is 378 g/mol. The Morgan fingerprint density at radius 1 is 1.07 bits per heavy atom. The van der Waals surface area contributed by atoms with Crippen LogP contribution < -0.4 is 5.32 Å². The van der Waals surface area contributed by atoms with Gasteiger partial charge in [-0.25, -0.2) is 0 Å². The first-order valence-corrected chi connectivity index (χ1v) is 12.5. The number of rotatable bonds is 19. The van der Waals surface area contributed by atoms with Crippen molar-refractivity contribution in [2.45, 2.75) is 122 Å². The molecule has 0 aliphatic carbocycles. The van der Waals surface area contributed by atoms with Crippen LogP contribution in [-0.4, -0.2) is 43.0 Å². The summed E-state index contributed by atoms with van der Waals surface area (Å²) in [6, 6.07) is 0.172. The molecule has 0 saturated carbocycles. The second-order valence-electron chi connectivity index (χ2n) is 8.71. The maximum absolute atomic E-state index is 11.6. The molecule has 1 aliphatic rings. The van der Waals surface area contributed by atoms with Gasteiger partial charge in [0.05, 0.1) is 6.61 Å². The Kier molecular flexibility index (Phi) is 17.0. The Morgan fingerprint density at radius 3 is 2.30 bits per heavy atom. The van der Waals surface area contributed by atoms with Crippen LogP contribution in [0.4, 0.5) is 0 Å². The van der Waals surface area contributed by atoms with Crippen LogP contribution in [0.1, 0.15) is 110 Å². The maximum atomic E-state index is 11.6. The molecule has 1 heterocycles. The van der Waals surface area contributed by atoms with Crippen LogP contribution in [0, 0.1) is 0 Å². The van der Waals surface area contributed by atoms with E-state index < -0.39 is 0 Å². The van der Waals surface area contributed by atoms with E-state index in [9.17, 15) is 9.90 Å². The number of allylic oxidation sites excluding steroid dienone is 1. The highest BCUT2D eigenvalue weighted by atomic mass is 16.7. The number of aliphatic hydroxyl groups is 1. The summed E-state index contributed by atoms with van der Waals surface area (Å²) in [5.41, 5.74) is 0.794. The normalized spacial score (nSPS) is 18.4. The van der Waals surface area contributed by atoms with Crippen LogP contribution in [0.25, 0.3) is 0 Å². The third-order valence-electron chi connectivity index (χ3n) is 5.71. The molecule has 176 valence electrons. The van der Waals surface area contributed by atoms with E-state index >= 15 is 0 Å². The Bertz CT molecular complexity index is 446. The lowest BCUT2D eigenvalue weighted by atomic mass is 10.0. The number of ether oxygens (including phenoxy) is 2. The first-order chi connectivity index (χ1) is 14.7. The number of ketones is 1. The SMILES string of the molecule is CCCCCCCCCCCCC(CCO)N/C(=C/C(C)=O)COC1CCCCO1. The smallest absolute Gasteiger partial charge is 0.158 e. The lowest BCUT2D eigenvalue weighted by Gasteiger charge is -2.25. The van der Waals surface area contributed by atoms with Crippen LogP contribution in [0.5, 0.6) is 0 Å². The Labute approximate surface area is 185 Å². The van der Waals surface area contributed by atoms with Crippen molar-refractivity contribution in [3.63, 3.8) is 0 Å². The number of nitrogens with one attached hydrogen (secondary N) is 1. The second-order valence-corrected chi connectivity index (χ2v) is 8.71. The average Bonchev–Trinajstić information content (AvgIpc) is 2.73. The number of aliphatic hydroxyl groups excluding tert-OH is 1. The molecule has 0 aromatic carbocycles. The van der Waals surface area contributed by atoms with E-state index in [0.717, 1.165) is 44.4 Å². The maximum Gasteiger partial charge on any atom is 0.158 e. The van der Waals surface area contributed by atoms with Crippen LogP contribution >= 0.6 is 0 Å². The summed E-state index contributed by atoms with van der Waals surface area (Å²) >= 11 is 0. The van der Waals surface area contributed by atoms with Gasteiger partial charge < -0.3 is 19.9 Å². The molecule has 0 spiro atoms. The molecule has 2 N–H and O–H groups in total. The fourth-order valence-corrected chi connectivity index (χ4v) is 3.98. The van der Waals surface area contributed by atoms with Crippen molar-refractivity contribution in [3.8, 4) is 0 Å². The topological polar surface area (TPSA) is 67.8 Å². The highest BCUT2D eigenvalue weighted by molar-refractivity contribution is 5.87. The summed E-state index contributed by atoms with van der Waals surface area (Å²) in [5, 5.41) is 12.9. The quantitative estimate of drug-likeness (QED) is 0.207. The van der Waals surface area contributed by atoms with Crippen molar-refractivity contribution in [1.82, 2.24) is 5.32 Å². The number of hydrogen-bond acceptors (Lipinski definition) is 5. The highest BCUT2D eigenvalue weighted by Gasteiger charge is 2.16. The third-order valence-corrected chi connectivity index (χ3v) is 5.71. The number of unbranched alkanes of at least 4 members (excludes halogenated alkanes) is 9. The van der Waals surface area contributed by atoms with Gasteiger partial charge in [0.2, 0.25) is 0 Å². The highest BCUT2D eigenvalue weighted by Crippen LogP contribution is 2.16. The van der Waals surface area contributed by atoms with E-state index in [-0.39, 0.29) is 24.7 Å². The molecule has 0 aromatic heterocycles. The summed E-state index contributed by atoms with van der Waals surface area (Å²) in [6.45, 7) is 5.06. The van der Waals surface area contributed by atoms with E-state index in [2.05, 4.69) is 12.2 Å². The van der Waals surface area contributed by atoms with Crippen molar-refractivity contribution in [3.05, 3.63) is 11.8 Å². The molecule has 1 aliphatic heterocycles. The molecular formula is C25H47NO4. The van der Waals surface area contributed by atoms with Gasteiger partial charge in [-0.05, 0) is 39.0 Å². The summed E-state index contributed by atoms with van der Waals surface area (Å²) < 4.78 is 11.5. The van der Waals surface area contributed by atoms with E-state index in [0.29, 0.717) is 13.0 Å². The van der Waals surface area contributed by atoms with E-state index in [1.165, 1.54) is 57.8 Å². The Hall–Kier alpha value is -0.910. The molecule has 1 rings (SSSR count). The zero-order valence-corrected chi connectivity index (χ0v) is 19.6. The predicted octanol–water partition coefficient (Wildman–Crippen LogP) is 5.65. The summed E-state index contributed by atoms with van der Waals surface area (Å²) in [5.74, 6) is 0.00680. The first kappa shape index (κ1) is 27.1. The minimum atomic E-state index is -0.172. The van der Waals surface area contributed by atoms with Gasteiger partial charge in [-0.1, -0.05) is 71.1 Å². The van der Waals surface area contributed by atoms with E-state index in [1.54, 1.807) is 13.0 Å². The van der Waals surface area contributed by atoms with Crippen LogP contribution in [0.3, 0.4) is 0 Å². The number of carbonyl (C=O) groups excluding carboxylic acids is 1. The van der Waals surface area contributed by atoms with Crippen molar-refractivity contribution in [2.75, 3.05) is 19.8 Å². The summed E-state index contributed by atoms with van der Waals surface area (Å²) in [7, 11) is 0. The minimum Gasteiger partial charge on any atom is -0.396 e. The Balaban J connectivity index is 2.27. The van der Waals surface area contributed by atoms with Crippen molar-refractivity contribution < 1.29 is 19.4 Å². The van der Waals surface area contributed by atoms with E-state index in [4.69, 9.17) is 9.47 Å². The molecule has 5 heteroatoms. The molecule has 2 unspecified atom stereocenters. The third kappa shape index (κ3) is 15.0. The molecule has 30 heavy (non-hydrogen) atoms. The first-order valence-electron chi connectivity index (χ1n) is 12.5. The molecule has 0 radical (unpaired) electrons. The van der Waals surface area contributed by atoms with E-state index in [1.807, 2.05) is 0 Å². The average molecular weight is 426 g/mol. The summed E-state index contributed by atoms with van der Waals surface area (Å²) in [6.07, 6.45) is 19.4. The van der Waals surface area contributed by atoms with Gasteiger partial charge in [-0.2, -0.15) is 0 Å². The molecule has 0 bridgehead atoms. The zero-order valence-electron chi connectivity index (χ0n) is 19.6. The molecule has 0 aromatic rings. The molecule has 1 saturated heterocycles. The van der Waals surface area contributed by atoms with Gasteiger partial charge >= 0.3 is 0 Å². The van der Waals surface area contributed by atoms with Gasteiger partial charge in [-0.3, -0.25) is 4.79 Å². The lowest BCUT2D eigenvalue weighted by Crippen LogP contribution is -2.33. The molecule has 2 atom stereocenters. The van der Waals surface area contributed by atoms with Crippen LogP contribution in [-0.2, 0) is 14.3 Å². The second kappa shape index (κ2) is 18.8. The number of carbonyl (C=O) groups is 1. The molecule has 5 nitrogen and oxygen atoms in total. The molecule has 1 fully saturated rings. The Morgan fingerprint density at radius 2 is 1.73 bits per heavy atom. The lowest BCUT2D eigenvalue weighted by molar-refractivity contribution is -0.157. The molecule has 0 amide bonds. The fraction of sp³-hybridized carbons (Fsp3) is 0.880. The van der Waals surface area contributed by atoms with Gasteiger partial charge in [0.25, 0.3) is 0 Å². The number of hydrogen-bond donors (Lipinski definition) is 2. The standard InChI is InChI=1S/C25H47NO4/c1-3-4-5-6-7-8-9-10-11-12-15-23(17-18-27)26-24(20-22(2)28)21-30-25-16-13-14-19-29-25/h20,23,25-27H,3-19,21H2,1-2H3/b24-20+. The largest absolute Gasteiger partial charge is 0.396 e. The van der Waals surface area contributed by atoms with Gasteiger partial charge in [0, 0.05) is 31.0 Å². The van der Waals surface area contributed by atoms with Crippen molar-refractivity contribution >= 4 is 5.78 Å². The van der Waals surface area contributed by atoms with Crippen molar-refractivity contribution in [2.24, 2.45) is 0 Å². The fourth-order valence-electron chi connectivity index (χ4n) is 3.98. The van der Waals surface area contributed by atoms with Crippen LogP contribution in [0.15, 0.2) is 11.8 Å². The minimum absolute atomic E-state index is 0.00680. The summed E-state index contributed by atoms with van der Waals surface area (Å²) in [4.78, 5) is 11.6. The van der Waals surface area contributed by atoms with Gasteiger partial charge in [-0.15, -0.1) is 0 Å². The predicted molar refractivity (Wildman–Crippen MR) is 123 cm³/mol.